The Labute approximate surface area is 126 Å². The van der Waals surface area contributed by atoms with Crippen LogP contribution in [0.4, 0.5) is 0 Å². The van der Waals surface area contributed by atoms with Gasteiger partial charge in [-0.25, -0.2) is 0 Å². The molecule has 0 fully saturated rings. The Morgan fingerprint density at radius 2 is 2.06 bits per heavy atom. The van der Waals surface area contributed by atoms with Crippen LogP contribution >= 0.6 is 61.5 Å². The quantitative estimate of drug-likeness (QED) is 0.423. The molecule has 84 valence electrons. The van der Waals surface area contributed by atoms with E-state index in [4.69, 9.17) is 11.6 Å². The zero-order valence-corrected chi connectivity index (χ0v) is 13.8. The van der Waals surface area contributed by atoms with Gasteiger partial charge in [-0.3, -0.25) is 0 Å². The molecule has 0 radical (unpaired) electrons. The lowest BCUT2D eigenvalue weighted by atomic mass is 10.1. The molecule has 0 aliphatic heterocycles. The van der Waals surface area contributed by atoms with E-state index in [0.717, 1.165) is 4.47 Å². The molecule has 0 aliphatic rings. The van der Waals surface area contributed by atoms with Crippen molar-refractivity contribution < 1.29 is 0 Å². The fraction of sp³-hybridized carbons (Fsp3) is 0.167. The Balaban J connectivity index is 2.43. The SMILES string of the molecule is Cc1cc(Br)c(C(Cl)c2ccccc2I)s1. The van der Waals surface area contributed by atoms with E-state index in [2.05, 4.69) is 63.6 Å². The Morgan fingerprint density at radius 3 is 2.62 bits per heavy atom. The molecule has 0 N–H and O–H groups in total. The highest BCUT2D eigenvalue weighted by molar-refractivity contribution is 14.1. The van der Waals surface area contributed by atoms with E-state index < -0.39 is 0 Å². The largest absolute Gasteiger partial charge is 0.143 e. The molecular formula is C12H9BrClIS. The first-order valence-electron chi connectivity index (χ1n) is 4.74. The van der Waals surface area contributed by atoms with Gasteiger partial charge in [0.1, 0.15) is 0 Å². The van der Waals surface area contributed by atoms with Crippen LogP contribution in [0.5, 0.6) is 0 Å². The van der Waals surface area contributed by atoms with Crippen molar-refractivity contribution in [2.24, 2.45) is 0 Å². The van der Waals surface area contributed by atoms with Gasteiger partial charge in [0.2, 0.25) is 0 Å². The van der Waals surface area contributed by atoms with Gasteiger partial charge in [0.25, 0.3) is 0 Å². The van der Waals surface area contributed by atoms with Crippen molar-refractivity contribution in [1.82, 2.24) is 0 Å². The summed E-state index contributed by atoms with van der Waals surface area (Å²) in [6.45, 7) is 2.10. The summed E-state index contributed by atoms with van der Waals surface area (Å²) in [4.78, 5) is 2.46. The van der Waals surface area contributed by atoms with Gasteiger partial charge < -0.3 is 0 Å². The van der Waals surface area contributed by atoms with E-state index in [1.807, 2.05) is 12.1 Å². The average Bonchev–Trinajstić information content (AvgIpc) is 2.58. The highest BCUT2D eigenvalue weighted by Crippen LogP contribution is 2.40. The van der Waals surface area contributed by atoms with Gasteiger partial charge in [0.05, 0.1) is 5.38 Å². The molecule has 0 saturated carbocycles. The third-order valence-electron chi connectivity index (χ3n) is 2.24. The molecule has 0 aliphatic carbocycles. The second-order valence-electron chi connectivity index (χ2n) is 3.45. The van der Waals surface area contributed by atoms with E-state index in [1.54, 1.807) is 11.3 Å². The van der Waals surface area contributed by atoms with Crippen molar-refractivity contribution in [1.29, 1.82) is 0 Å². The van der Waals surface area contributed by atoms with Crippen molar-refractivity contribution in [3.05, 3.63) is 53.7 Å². The summed E-state index contributed by atoms with van der Waals surface area (Å²) in [5.41, 5.74) is 1.17. The third-order valence-corrected chi connectivity index (χ3v) is 5.84. The molecule has 2 aromatic rings. The molecule has 2 rings (SSSR count). The lowest BCUT2D eigenvalue weighted by molar-refractivity contribution is 1.16. The lowest BCUT2D eigenvalue weighted by Gasteiger charge is -2.10. The second-order valence-corrected chi connectivity index (χ2v) is 7.19. The average molecular weight is 428 g/mol. The topological polar surface area (TPSA) is 0 Å². The van der Waals surface area contributed by atoms with Gasteiger partial charge >= 0.3 is 0 Å². The van der Waals surface area contributed by atoms with E-state index in [9.17, 15) is 0 Å². The summed E-state index contributed by atoms with van der Waals surface area (Å²) in [7, 11) is 0. The number of aryl methyl sites for hydroxylation is 1. The molecule has 1 heterocycles. The molecule has 1 unspecified atom stereocenters. The molecule has 1 aromatic carbocycles. The van der Waals surface area contributed by atoms with Gasteiger partial charge in [-0.1, -0.05) is 18.2 Å². The van der Waals surface area contributed by atoms with E-state index in [-0.39, 0.29) is 5.38 Å². The minimum atomic E-state index is -0.0684. The minimum Gasteiger partial charge on any atom is -0.143 e. The second kappa shape index (κ2) is 5.38. The van der Waals surface area contributed by atoms with Gasteiger partial charge in [-0.05, 0) is 63.1 Å². The monoisotopic (exact) mass is 426 g/mol. The fourth-order valence-corrected chi connectivity index (χ4v) is 4.83. The maximum Gasteiger partial charge on any atom is 0.0949 e. The zero-order valence-electron chi connectivity index (χ0n) is 8.51. The summed E-state index contributed by atoms with van der Waals surface area (Å²) < 4.78 is 2.31. The Kier molecular flexibility index (Phi) is 4.32. The first-order chi connectivity index (χ1) is 7.59. The molecule has 0 spiro atoms. The van der Waals surface area contributed by atoms with Crippen molar-refractivity contribution in [3.63, 3.8) is 0 Å². The molecule has 1 atom stereocenters. The number of benzene rings is 1. The number of thiophene rings is 1. The van der Waals surface area contributed by atoms with E-state index >= 15 is 0 Å². The van der Waals surface area contributed by atoms with Gasteiger partial charge in [-0.2, -0.15) is 0 Å². The number of hydrogen-bond acceptors (Lipinski definition) is 1. The maximum atomic E-state index is 6.53. The summed E-state index contributed by atoms with van der Waals surface area (Å²) in [6.07, 6.45) is 0. The standard InChI is InChI=1S/C12H9BrClIS/c1-7-6-9(13)12(16-7)11(14)8-4-2-3-5-10(8)15/h2-6,11H,1H3. The highest BCUT2D eigenvalue weighted by Gasteiger charge is 2.18. The van der Waals surface area contributed by atoms with Crippen LogP contribution in [0.2, 0.25) is 0 Å². The van der Waals surface area contributed by atoms with Crippen LogP contribution in [-0.2, 0) is 0 Å². The number of alkyl halides is 1. The van der Waals surface area contributed by atoms with Gasteiger partial charge in [0, 0.05) is 17.8 Å². The molecule has 0 nitrogen and oxygen atoms in total. The van der Waals surface area contributed by atoms with E-state index in [1.165, 1.54) is 18.9 Å². The van der Waals surface area contributed by atoms with Crippen LogP contribution in [-0.4, -0.2) is 0 Å². The smallest absolute Gasteiger partial charge is 0.0949 e. The van der Waals surface area contributed by atoms with Gasteiger partial charge in [0.15, 0.2) is 0 Å². The van der Waals surface area contributed by atoms with Crippen LogP contribution in [0, 0.1) is 10.5 Å². The normalized spacial score (nSPS) is 12.8. The van der Waals surface area contributed by atoms with Crippen LogP contribution < -0.4 is 0 Å². The summed E-state index contributed by atoms with van der Waals surface area (Å²) in [5.74, 6) is 0. The van der Waals surface area contributed by atoms with Crippen LogP contribution in [0.25, 0.3) is 0 Å². The van der Waals surface area contributed by atoms with Crippen molar-refractivity contribution in [2.75, 3.05) is 0 Å². The molecule has 0 bridgehead atoms. The van der Waals surface area contributed by atoms with Crippen molar-refractivity contribution in [3.8, 4) is 0 Å². The predicted octanol–water partition coefficient (Wildman–Crippen LogP) is 5.75. The fourth-order valence-electron chi connectivity index (χ4n) is 1.50. The number of hydrogen-bond donors (Lipinski definition) is 0. The third kappa shape index (κ3) is 2.63. The van der Waals surface area contributed by atoms with Crippen LogP contribution in [0.3, 0.4) is 0 Å². The Bertz CT molecular complexity index is 509. The lowest BCUT2D eigenvalue weighted by Crippen LogP contribution is -1.93. The molecule has 4 heteroatoms. The predicted molar refractivity (Wildman–Crippen MR) is 83.6 cm³/mol. The zero-order chi connectivity index (χ0) is 11.7. The van der Waals surface area contributed by atoms with Crippen LogP contribution in [0.15, 0.2) is 34.8 Å². The van der Waals surface area contributed by atoms with Crippen molar-refractivity contribution in [2.45, 2.75) is 12.3 Å². The number of halogens is 3. The molecule has 16 heavy (non-hydrogen) atoms. The molecular weight excluding hydrogens is 418 g/mol. The Hall–Kier alpha value is 0.420. The minimum absolute atomic E-state index is 0.0684. The van der Waals surface area contributed by atoms with Gasteiger partial charge in [-0.15, -0.1) is 22.9 Å². The summed E-state index contributed by atoms with van der Waals surface area (Å²) in [5, 5.41) is -0.0684. The van der Waals surface area contributed by atoms with Crippen LogP contribution in [0.1, 0.15) is 20.7 Å². The first kappa shape index (κ1) is 12.9. The summed E-state index contributed by atoms with van der Waals surface area (Å²) in [6, 6.07) is 10.3. The maximum absolute atomic E-state index is 6.53. The molecule has 1 aromatic heterocycles. The Morgan fingerprint density at radius 1 is 1.38 bits per heavy atom. The highest BCUT2D eigenvalue weighted by atomic mass is 127. The molecule has 0 amide bonds. The summed E-state index contributed by atoms with van der Waals surface area (Å²) >= 11 is 14.2. The first-order valence-corrected chi connectivity index (χ1v) is 7.86. The van der Waals surface area contributed by atoms with Crippen molar-refractivity contribution >= 4 is 61.5 Å². The van der Waals surface area contributed by atoms with E-state index in [0.29, 0.717) is 0 Å². The molecule has 0 saturated heterocycles. The number of rotatable bonds is 2.